The maximum atomic E-state index is 10.3. The maximum Gasteiger partial charge on any atom is 0.161 e. The van der Waals surface area contributed by atoms with Crippen molar-refractivity contribution in [2.45, 2.75) is 12.6 Å². The van der Waals surface area contributed by atoms with Crippen LogP contribution in [-0.2, 0) is 6.54 Å². The Bertz CT molecular complexity index is 591. The quantitative estimate of drug-likeness (QED) is 0.697. The summed E-state index contributed by atoms with van der Waals surface area (Å²) in [4.78, 5) is 2.01. The summed E-state index contributed by atoms with van der Waals surface area (Å²) in [6, 6.07) is 17.3. The predicted molar refractivity (Wildman–Crippen MR) is 93.3 cm³/mol. The smallest absolute Gasteiger partial charge is 0.161 e. The van der Waals surface area contributed by atoms with Gasteiger partial charge in [-0.05, 0) is 17.7 Å². The van der Waals surface area contributed by atoms with Gasteiger partial charge in [0.15, 0.2) is 11.5 Å². The van der Waals surface area contributed by atoms with Crippen molar-refractivity contribution >= 4 is 0 Å². The molecule has 1 atom stereocenters. The Morgan fingerprint density at radius 2 is 1.67 bits per heavy atom. The molecule has 2 aromatic carbocycles. The molecule has 2 aromatic rings. The van der Waals surface area contributed by atoms with Gasteiger partial charge in [-0.25, -0.2) is 0 Å². The van der Waals surface area contributed by atoms with Gasteiger partial charge in [0.05, 0.1) is 13.7 Å². The fraction of sp³-hybridized carbons (Fsp3) is 0.368. The van der Waals surface area contributed by atoms with Crippen molar-refractivity contribution in [3.05, 3.63) is 60.2 Å². The first-order chi connectivity index (χ1) is 11.7. The number of methoxy groups -OCH3 is 1. The van der Waals surface area contributed by atoms with E-state index in [9.17, 15) is 10.2 Å². The van der Waals surface area contributed by atoms with E-state index in [2.05, 4.69) is 0 Å². The van der Waals surface area contributed by atoms with Crippen LogP contribution in [0.5, 0.6) is 11.5 Å². The topological polar surface area (TPSA) is 62.2 Å². The summed E-state index contributed by atoms with van der Waals surface area (Å²) in [6.07, 6.45) is -0.662. The minimum atomic E-state index is -0.662. The molecule has 0 amide bonds. The number of aliphatic hydroxyl groups is 2. The Morgan fingerprint density at radius 1 is 1.00 bits per heavy atom. The zero-order valence-electron chi connectivity index (χ0n) is 14.0. The zero-order valence-corrected chi connectivity index (χ0v) is 14.0. The summed E-state index contributed by atoms with van der Waals surface area (Å²) in [6.45, 7) is 1.81. The van der Waals surface area contributed by atoms with Crippen LogP contribution in [0.3, 0.4) is 0 Å². The summed E-state index contributed by atoms with van der Waals surface area (Å²) in [5, 5.41) is 19.5. The number of para-hydroxylation sites is 2. The van der Waals surface area contributed by atoms with Crippen LogP contribution in [0.1, 0.15) is 5.56 Å². The minimum absolute atomic E-state index is 0.0485. The van der Waals surface area contributed by atoms with Crippen LogP contribution in [0, 0.1) is 0 Å². The number of ether oxygens (including phenoxy) is 2. The largest absolute Gasteiger partial charge is 0.493 e. The lowest BCUT2D eigenvalue weighted by atomic mass is 10.2. The normalized spacial score (nSPS) is 12.2. The van der Waals surface area contributed by atoms with Gasteiger partial charge in [-0.2, -0.15) is 0 Å². The fourth-order valence-corrected chi connectivity index (χ4v) is 2.49. The molecule has 0 spiro atoms. The highest BCUT2D eigenvalue weighted by Gasteiger charge is 2.14. The molecule has 1 unspecified atom stereocenters. The van der Waals surface area contributed by atoms with E-state index in [0.717, 1.165) is 5.56 Å². The van der Waals surface area contributed by atoms with Crippen molar-refractivity contribution < 1.29 is 19.7 Å². The molecule has 24 heavy (non-hydrogen) atoms. The molecule has 0 aromatic heterocycles. The molecule has 0 aliphatic rings. The second kappa shape index (κ2) is 9.93. The van der Waals surface area contributed by atoms with E-state index in [0.29, 0.717) is 31.1 Å². The lowest BCUT2D eigenvalue weighted by molar-refractivity contribution is 0.0582. The SMILES string of the molecule is COc1ccccc1OCC(O)CN(CCO)Cc1ccccc1. The lowest BCUT2D eigenvalue weighted by Gasteiger charge is -2.24. The number of rotatable bonds is 10. The molecular weight excluding hydrogens is 306 g/mol. The summed E-state index contributed by atoms with van der Waals surface area (Å²) in [5.74, 6) is 1.25. The van der Waals surface area contributed by atoms with Gasteiger partial charge in [0.25, 0.3) is 0 Å². The van der Waals surface area contributed by atoms with Crippen molar-refractivity contribution in [2.75, 3.05) is 33.4 Å². The highest BCUT2D eigenvalue weighted by Crippen LogP contribution is 2.25. The van der Waals surface area contributed by atoms with Crippen molar-refractivity contribution in [1.29, 1.82) is 0 Å². The summed E-state index contributed by atoms with van der Waals surface area (Å²) < 4.78 is 10.9. The van der Waals surface area contributed by atoms with E-state index < -0.39 is 6.10 Å². The number of nitrogens with zero attached hydrogens (tertiary/aromatic N) is 1. The molecule has 5 heteroatoms. The third-order valence-electron chi connectivity index (χ3n) is 3.63. The van der Waals surface area contributed by atoms with E-state index in [1.165, 1.54) is 0 Å². The van der Waals surface area contributed by atoms with E-state index in [-0.39, 0.29) is 13.2 Å². The molecular formula is C19H25NO4. The molecule has 2 N–H and O–H groups in total. The van der Waals surface area contributed by atoms with Crippen LogP contribution in [0.2, 0.25) is 0 Å². The lowest BCUT2D eigenvalue weighted by Crippen LogP contribution is -2.37. The summed E-state index contributed by atoms with van der Waals surface area (Å²) in [5.41, 5.74) is 1.14. The van der Waals surface area contributed by atoms with Gasteiger partial charge in [-0.1, -0.05) is 42.5 Å². The van der Waals surface area contributed by atoms with Crippen LogP contribution in [0.25, 0.3) is 0 Å². The summed E-state index contributed by atoms with van der Waals surface area (Å²) in [7, 11) is 1.58. The average molecular weight is 331 g/mol. The van der Waals surface area contributed by atoms with Crippen molar-refractivity contribution in [3.8, 4) is 11.5 Å². The average Bonchev–Trinajstić information content (AvgIpc) is 2.61. The first-order valence-electron chi connectivity index (χ1n) is 8.04. The highest BCUT2D eigenvalue weighted by atomic mass is 16.5. The molecule has 130 valence electrons. The molecule has 0 fully saturated rings. The van der Waals surface area contributed by atoms with Gasteiger partial charge in [-0.3, -0.25) is 4.90 Å². The molecule has 0 heterocycles. The van der Waals surface area contributed by atoms with E-state index in [4.69, 9.17) is 9.47 Å². The Balaban J connectivity index is 1.87. The molecule has 0 saturated carbocycles. The van der Waals surface area contributed by atoms with Crippen LogP contribution in [-0.4, -0.2) is 54.6 Å². The number of benzene rings is 2. The Labute approximate surface area is 143 Å². The Kier molecular flexibility index (Phi) is 7.55. The van der Waals surface area contributed by atoms with E-state index >= 15 is 0 Å². The molecule has 0 aliphatic carbocycles. The van der Waals surface area contributed by atoms with Crippen LogP contribution in [0.15, 0.2) is 54.6 Å². The molecule has 2 rings (SSSR count). The fourth-order valence-electron chi connectivity index (χ4n) is 2.49. The third kappa shape index (κ3) is 5.85. The minimum Gasteiger partial charge on any atom is -0.493 e. The standard InChI is InChI=1S/C19H25NO4/c1-23-18-9-5-6-10-19(18)24-15-17(22)14-20(11-12-21)13-16-7-3-2-4-8-16/h2-10,17,21-22H,11-15H2,1H3. The van der Waals surface area contributed by atoms with Gasteiger partial charge < -0.3 is 19.7 Å². The molecule has 0 aliphatic heterocycles. The first-order valence-corrected chi connectivity index (χ1v) is 8.04. The molecule has 0 saturated heterocycles. The van der Waals surface area contributed by atoms with Crippen molar-refractivity contribution in [1.82, 2.24) is 4.90 Å². The summed E-state index contributed by atoms with van der Waals surface area (Å²) >= 11 is 0. The Hall–Kier alpha value is -2.08. The van der Waals surface area contributed by atoms with Crippen molar-refractivity contribution in [3.63, 3.8) is 0 Å². The Morgan fingerprint density at radius 3 is 2.33 bits per heavy atom. The van der Waals surface area contributed by atoms with Gasteiger partial charge in [-0.15, -0.1) is 0 Å². The highest BCUT2D eigenvalue weighted by molar-refractivity contribution is 5.39. The van der Waals surface area contributed by atoms with E-state index in [1.807, 2.05) is 53.4 Å². The first kappa shape index (κ1) is 18.3. The van der Waals surface area contributed by atoms with Gasteiger partial charge in [0, 0.05) is 19.6 Å². The van der Waals surface area contributed by atoms with Crippen molar-refractivity contribution in [2.24, 2.45) is 0 Å². The third-order valence-corrected chi connectivity index (χ3v) is 3.63. The number of hydrogen-bond acceptors (Lipinski definition) is 5. The maximum absolute atomic E-state index is 10.3. The van der Waals surface area contributed by atoms with Crippen LogP contribution < -0.4 is 9.47 Å². The van der Waals surface area contributed by atoms with Gasteiger partial charge >= 0.3 is 0 Å². The second-order valence-electron chi connectivity index (χ2n) is 5.56. The van der Waals surface area contributed by atoms with Crippen LogP contribution in [0.4, 0.5) is 0 Å². The van der Waals surface area contributed by atoms with Gasteiger partial charge in [0.2, 0.25) is 0 Å². The molecule has 0 bridgehead atoms. The van der Waals surface area contributed by atoms with Crippen LogP contribution >= 0.6 is 0 Å². The molecule has 5 nitrogen and oxygen atoms in total. The predicted octanol–water partition coefficient (Wildman–Crippen LogP) is 1.93. The monoisotopic (exact) mass is 331 g/mol. The molecule has 0 radical (unpaired) electrons. The number of aliphatic hydroxyl groups excluding tert-OH is 2. The van der Waals surface area contributed by atoms with E-state index in [1.54, 1.807) is 13.2 Å². The number of hydrogen-bond donors (Lipinski definition) is 2. The second-order valence-corrected chi connectivity index (χ2v) is 5.56. The van der Waals surface area contributed by atoms with Gasteiger partial charge in [0.1, 0.15) is 12.7 Å². The zero-order chi connectivity index (χ0) is 17.2.